The lowest BCUT2D eigenvalue weighted by molar-refractivity contribution is -0.307. The first-order valence-electron chi connectivity index (χ1n) is 16.6. The number of methoxy groups -OCH3 is 2. The number of ether oxygens (including phenoxy) is 8. The van der Waals surface area contributed by atoms with Gasteiger partial charge in [0, 0.05) is 47.0 Å². The zero-order valence-corrected chi connectivity index (χ0v) is 27.7. The number of hydrogen-bond acceptors (Lipinski definition) is 15. The zero-order valence-electron chi connectivity index (χ0n) is 27.7. The van der Waals surface area contributed by atoms with Crippen LogP contribution in [0.3, 0.4) is 0 Å². The molecule has 5 aliphatic heterocycles. The van der Waals surface area contributed by atoms with Crippen LogP contribution in [0.25, 0.3) is 0 Å². The highest BCUT2D eigenvalue weighted by molar-refractivity contribution is 5.88. The molecule has 0 unspecified atom stereocenters. The highest BCUT2D eigenvalue weighted by Crippen LogP contribution is 2.79. The summed E-state index contributed by atoms with van der Waals surface area (Å²) in [6.07, 6.45) is -8.13. The van der Waals surface area contributed by atoms with Crippen molar-refractivity contribution in [2.24, 2.45) is 34.0 Å². The lowest BCUT2D eigenvalue weighted by Crippen LogP contribution is -2.77. The molecule has 5 heterocycles. The average molecular weight is 681 g/mol. The van der Waals surface area contributed by atoms with E-state index in [4.69, 9.17) is 37.9 Å². The third-order valence-corrected chi connectivity index (χ3v) is 14.2. The van der Waals surface area contributed by atoms with Crippen LogP contribution < -0.4 is 0 Å². The highest BCUT2D eigenvalue weighted by atomic mass is 16.8. The summed E-state index contributed by atoms with van der Waals surface area (Å²) < 4.78 is 48.3. The van der Waals surface area contributed by atoms with Gasteiger partial charge in [-0.05, 0) is 27.2 Å². The molecule has 266 valence electrons. The summed E-state index contributed by atoms with van der Waals surface area (Å²) in [4.78, 5) is 40.9. The Bertz CT molecular complexity index is 1480. The fraction of sp³-hybridized carbons (Fsp3) is 0.848. The first-order valence-corrected chi connectivity index (χ1v) is 16.6. The third-order valence-electron chi connectivity index (χ3n) is 14.2. The van der Waals surface area contributed by atoms with Gasteiger partial charge in [0.1, 0.15) is 28.3 Å². The maximum Gasteiger partial charge on any atom is 0.335 e. The van der Waals surface area contributed by atoms with E-state index in [0.717, 1.165) is 0 Å². The van der Waals surface area contributed by atoms with Crippen molar-refractivity contribution < 1.29 is 72.7 Å². The van der Waals surface area contributed by atoms with Crippen LogP contribution in [-0.4, -0.2) is 132 Å². The maximum atomic E-state index is 14.1. The Hall–Kier alpha value is -2.21. The number of fused-ring (bicyclic) bond motifs is 11. The van der Waals surface area contributed by atoms with Gasteiger partial charge in [-0.25, -0.2) is 9.59 Å². The largest absolute Gasteiger partial charge is 0.468 e. The second-order valence-electron chi connectivity index (χ2n) is 15.5. The fourth-order valence-corrected chi connectivity index (χ4v) is 12.2. The van der Waals surface area contributed by atoms with Gasteiger partial charge in [-0.3, -0.25) is 4.79 Å². The fourth-order valence-electron chi connectivity index (χ4n) is 12.2. The Kier molecular flexibility index (Phi) is 6.85. The quantitative estimate of drug-likeness (QED) is 0.161. The normalized spacial score (nSPS) is 57.2. The minimum atomic E-state index is -1.95. The number of carbonyl (C=O) groups excluding carboxylic acids is 3. The second kappa shape index (κ2) is 9.98. The third kappa shape index (κ3) is 3.30. The van der Waals surface area contributed by atoms with Gasteiger partial charge in [-0.2, -0.15) is 0 Å². The molecule has 17 atom stereocenters. The summed E-state index contributed by atoms with van der Waals surface area (Å²) in [5.74, 6) is -4.99. The van der Waals surface area contributed by atoms with Gasteiger partial charge >= 0.3 is 17.9 Å². The summed E-state index contributed by atoms with van der Waals surface area (Å²) in [6.45, 7) is 6.20. The number of aliphatic hydroxyl groups is 4. The minimum Gasteiger partial charge on any atom is -0.468 e. The average Bonchev–Trinajstić information content (AvgIpc) is 3.81. The smallest absolute Gasteiger partial charge is 0.335 e. The Morgan fingerprint density at radius 1 is 0.958 bits per heavy atom. The Balaban J connectivity index is 1.34. The summed E-state index contributed by atoms with van der Waals surface area (Å²) >= 11 is 0. The van der Waals surface area contributed by atoms with Crippen molar-refractivity contribution in [3.63, 3.8) is 0 Å². The van der Waals surface area contributed by atoms with Crippen molar-refractivity contribution in [1.82, 2.24) is 0 Å². The first kappa shape index (κ1) is 33.0. The molecule has 3 saturated carbocycles. The molecular formula is C33H44O15. The Labute approximate surface area is 276 Å². The van der Waals surface area contributed by atoms with E-state index >= 15 is 0 Å². The molecule has 3 aliphatic carbocycles. The van der Waals surface area contributed by atoms with Crippen LogP contribution in [-0.2, 0) is 52.3 Å². The molecule has 8 rings (SSSR count). The predicted molar refractivity (Wildman–Crippen MR) is 155 cm³/mol. The maximum absolute atomic E-state index is 14.1. The molecule has 4 N–H and O–H groups in total. The molecule has 8 fully saturated rings. The van der Waals surface area contributed by atoms with Gasteiger partial charge in [-0.1, -0.05) is 13.0 Å². The van der Waals surface area contributed by atoms with E-state index in [1.54, 1.807) is 33.8 Å². The molecule has 48 heavy (non-hydrogen) atoms. The van der Waals surface area contributed by atoms with Gasteiger partial charge in [0.15, 0.2) is 18.7 Å². The van der Waals surface area contributed by atoms with Gasteiger partial charge < -0.3 is 58.3 Å². The van der Waals surface area contributed by atoms with E-state index in [9.17, 15) is 34.8 Å². The van der Waals surface area contributed by atoms with E-state index in [-0.39, 0.29) is 32.5 Å². The lowest BCUT2D eigenvalue weighted by atomic mass is 9.38. The van der Waals surface area contributed by atoms with Crippen LogP contribution >= 0.6 is 0 Å². The van der Waals surface area contributed by atoms with Crippen LogP contribution in [0.15, 0.2) is 11.6 Å². The minimum absolute atomic E-state index is 0.147. The van der Waals surface area contributed by atoms with Crippen molar-refractivity contribution in [2.75, 3.05) is 27.4 Å². The van der Waals surface area contributed by atoms with E-state index in [1.165, 1.54) is 14.2 Å². The molecular weight excluding hydrogens is 636 g/mol. The molecule has 5 saturated heterocycles. The predicted octanol–water partition coefficient (Wildman–Crippen LogP) is -0.899. The van der Waals surface area contributed by atoms with Crippen LogP contribution in [0.5, 0.6) is 0 Å². The molecule has 0 aromatic heterocycles. The van der Waals surface area contributed by atoms with Gasteiger partial charge in [0.05, 0.1) is 51.8 Å². The highest BCUT2D eigenvalue weighted by Gasteiger charge is 2.92. The molecule has 15 heteroatoms. The van der Waals surface area contributed by atoms with Crippen molar-refractivity contribution >= 4 is 17.9 Å². The summed E-state index contributed by atoms with van der Waals surface area (Å²) in [5, 5.41) is 48.1. The number of hydrogen-bond donors (Lipinski definition) is 4. The molecule has 1 spiro atoms. The van der Waals surface area contributed by atoms with Crippen LogP contribution in [0, 0.1) is 34.0 Å². The summed E-state index contributed by atoms with van der Waals surface area (Å²) in [6, 6.07) is 0. The first-order chi connectivity index (χ1) is 22.6. The van der Waals surface area contributed by atoms with E-state index in [0.29, 0.717) is 5.57 Å². The number of allylic oxidation sites excluding steroid dienone is 1. The van der Waals surface area contributed by atoms with E-state index in [2.05, 4.69) is 0 Å². The number of carbonyl (C=O) groups is 3. The van der Waals surface area contributed by atoms with Crippen molar-refractivity contribution in [3.05, 3.63) is 11.6 Å². The monoisotopic (exact) mass is 680 g/mol. The van der Waals surface area contributed by atoms with Crippen LogP contribution in [0.2, 0.25) is 0 Å². The van der Waals surface area contributed by atoms with Crippen molar-refractivity contribution in [2.45, 2.75) is 113 Å². The van der Waals surface area contributed by atoms with Gasteiger partial charge in [0.2, 0.25) is 0 Å². The number of esters is 3. The molecule has 0 aromatic carbocycles. The molecule has 8 aliphatic rings. The molecule has 0 radical (unpaired) electrons. The van der Waals surface area contributed by atoms with Crippen LogP contribution in [0.1, 0.15) is 47.0 Å². The Morgan fingerprint density at radius 2 is 1.69 bits per heavy atom. The molecule has 15 nitrogen and oxygen atoms in total. The summed E-state index contributed by atoms with van der Waals surface area (Å²) in [5.41, 5.74) is -9.53. The lowest BCUT2D eigenvalue weighted by Gasteiger charge is -2.65. The van der Waals surface area contributed by atoms with Crippen molar-refractivity contribution in [3.8, 4) is 0 Å². The van der Waals surface area contributed by atoms with Gasteiger partial charge in [0.25, 0.3) is 0 Å². The van der Waals surface area contributed by atoms with Crippen LogP contribution in [0.4, 0.5) is 0 Å². The standard InChI is InChI=1S/C33H44O15/c1-7-13(2)24(36)45-16-9-15(34)30-11-44-20(25(37)41-5)21(30)28(3)23(19-22(30)31(16,12-43-19)26(38)42-6)48-29(4)14-8-17(33(28,29)40)46-27-32(14,39)10-18(35)47-27/h7,14-23,27,34-35,39-40H,8-12H2,1-6H3/b13-7+/t14-,15+,16-,17+,18+,19-,20+,21+,22-,23-,27-,28+,29-,30-,31+,32+,33+/m1/s1. The molecule has 0 amide bonds. The molecule has 0 aromatic rings. The number of rotatable bonds is 4. The number of aliphatic hydroxyl groups excluding tert-OH is 2. The zero-order chi connectivity index (χ0) is 34.6. The molecule has 2 bridgehead atoms. The second-order valence-corrected chi connectivity index (χ2v) is 15.5. The van der Waals surface area contributed by atoms with E-state index in [1.807, 2.05) is 0 Å². The summed E-state index contributed by atoms with van der Waals surface area (Å²) in [7, 11) is 2.43. The van der Waals surface area contributed by atoms with Gasteiger partial charge in [-0.15, -0.1) is 0 Å². The SMILES string of the molecule is C/C=C(\C)C(=O)O[C@@H]1C[C@H](O)[C@]23CO[C@H](C(=O)OC)[C@H]2[C@@]2(C)[C@H](O[C@]4(C)[C@H]5C[C@H](O[C@@H]6O[C@H](O)C[C@@]65O)[C@]24O)[C@@H]2OC[C@@]1(C(=O)OC)[C@H]23. The van der Waals surface area contributed by atoms with Crippen molar-refractivity contribution in [1.29, 1.82) is 0 Å². The topological polar surface area (TPSA) is 206 Å². The Morgan fingerprint density at radius 3 is 2.35 bits per heavy atom. The van der Waals surface area contributed by atoms with E-state index < -0.39 is 118 Å².